The summed E-state index contributed by atoms with van der Waals surface area (Å²) in [6.07, 6.45) is 1.54. The van der Waals surface area contributed by atoms with Crippen molar-refractivity contribution in [3.63, 3.8) is 0 Å². The number of H-pyrrole nitrogens is 1. The molecule has 0 bridgehead atoms. The zero-order chi connectivity index (χ0) is 9.97. The lowest BCUT2D eigenvalue weighted by Crippen LogP contribution is -1.97. The number of pyridine rings is 1. The van der Waals surface area contributed by atoms with Gasteiger partial charge in [0.05, 0.1) is 0 Å². The van der Waals surface area contributed by atoms with E-state index in [4.69, 9.17) is 0 Å². The van der Waals surface area contributed by atoms with Crippen molar-refractivity contribution in [1.82, 2.24) is 4.98 Å². The Morgan fingerprint density at radius 1 is 1.14 bits per heavy atom. The smallest absolute Gasteiger partial charge is 0.182 e. The fraction of sp³-hybridized carbons (Fsp3) is 0. The molecule has 0 aliphatic carbocycles. The Labute approximate surface area is 80.0 Å². The summed E-state index contributed by atoms with van der Waals surface area (Å²) in [5.74, 6) is -0.313. The van der Waals surface area contributed by atoms with Crippen LogP contribution < -0.4 is 5.43 Å². The van der Waals surface area contributed by atoms with E-state index in [1.165, 1.54) is 24.3 Å². The van der Waals surface area contributed by atoms with E-state index in [2.05, 4.69) is 4.98 Å². The Bertz CT molecular complexity index is 504. The molecule has 0 unspecified atom stereocenters. The minimum Gasteiger partial charge on any atom is -0.361 e. The van der Waals surface area contributed by atoms with Gasteiger partial charge in [0, 0.05) is 29.6 Å². The third-order valence-electron chi connectivity index (χ3n) is 1.91. The number of aromatic amines is 1. The van der Waals surface area contributed by atoms with Crippen LogP contribution in [0, 0.1) is 5.82 Å². The zero-order valence-corrected chi connectivity index (χ0v) is 7.33. The highest BCUT2D eigenvalue weighted by atomic mass is 19.1. The SMILES string of the molecule is O=c1cc[nH]c(-c2cccc(F)c2)c1. The highest BCUT2D eigenvalue weighted by Gasteiger charge is 1.98. The lowest BCUT2D eigenvalue weighted by Gasteiger charge is -2.00. The number of halogens is 1. The predicted molar refractivity (Wildman–Crippen MR) is 52.5 cm³/mol. The van der Waals surface area contributed by atoms with Gasteiger partial charge in [-0.25, -0.2) is 4.39 Å². The predicted octanol–water partition coefficient (Wildman–Crippen LogP) is 2.18. The number of nitrogens with one attached hydrogen (secondary N) is 1. The van der Waals surface area contributed by atoms with E-state index < -0.39 is 0 Å². The number of aromatic nitrogens is 1. The van der Waals surface area contributed by atoms with Crippen molar-refractivity contribution in [3.8, 4) is 11.3 Å². The Hall–Kier alpha value is -1.90. The summed E-state index contributed by atoms with van der Waals surface area (Å²) in [5, 5.41) is 0. The molecule has 1 N–H and O–H groups in total. The number of hydrogen-bond donors (Lipinski definition) is 1. The standard InChI is InChI=1S/C11H8FNO/c12-9-3-1-2-8(6-9)11-7-10(14)4-5-13-11/h1-7H,(H,13,14). The maximum Gasteiger partial charge on any atom is 0.182 e. The molecule has 2 aromatic rings. The summed E-state index contributed by atoms with van der Waals surface area (Å²) in [7, 11) is 0. The fourth-order valence-electron chi connectivity index (χ4n) is 1.27. The second kappa shape index (κ2) is 3.46. The minimum absolute atomic E-state index is 0.0944. The van der Waals surface area contributed by atoms with Gasteiger partial charge in [0.2, 0.25) is 0 Å². The van der Waals surface area contributed by atoms with E-state index in [9.17, 15) is 9.18 Å². The fourth-order valence-corrected chi connectivity index (χ4v) is 1.27. The first-order valence-electron chi connectivity index (χ1n) is 4.20. The summed E-state index contributed by atoms with van der Waals surface area (Å²) >= 11 is 0. The Kier molecular flexibility index (Phi) is 2.14. The van der Waals surface area contributed by atoms with Crippen LogP contribution in [0.3, 0.4) is 0 Å². The van der Waals surface area contributed by atoms with Crippen molar-refractivity contribution in [2.24, 2.45) is 0 Å². The van der Waals surface area contributed by atoms with Crippen molar-refractivity contribution in [2.45, 2.75) is 0 Å². The largest absolute Gasteiger partial charge is 0.361 e. The molecular formula is C11H8FNO. The summed E-state index contributed by atoms with van der Waals surface area (Å²) < 4.78 is 12.9. The van der Waals surface area contributed by atoms with Gasteiger partial charge in [-0.1, -0.05) is 12.1 Å². The van der Waals surface area contributed by atoms with Crippen LogP contribution in [0.1, 0.15) is 0 Å². The first kappa shape index (κ1) is 8.69. The highest BCUT2D eigenvalue weighted by molar-refractivity contribution is 5.58. The maximum atomic E-state index is 12.9. The Morgan fingerprint density at radius 2 is 2.00 bits per heavy atom. The zero-order valence-electron chi connectivity index (χ0n) is 7.33. The van der Waals surface area contributed by atoms with Crippen LogP contribution in [-0.2, 0) is 0 Å². The molecule has 70 valence electrons. The molecule has 2 rings (SSSR count). The molecule has 0 saturated heterocycles. The number of hydrogen-bond acceptors (Lipinski definition) is 1. The van der Waals surface area contributed by atoms with E-state index in [-0.39, 0.29) is 11.2 Å². The summed E-state index contributed by atoms with van der Waals surface area (Å²) in [6, 6.07) is 8.96. The van der Waals surface area contributed by atoms with Crippen LogP contribution in [0.15, 0.2) is 47.4 Å². The molecule has 0 fully saturated rings. The third-order valence-corrected chi connectivity index (χ3v) is 1.91. The Balaban J connectivity index is 2.55. The van der Waals surface area contributed by atoms with E-state index in [1.54, 1.807) is 18.3 Å². The molecule has 14 heavy (non-hydrogen) atoms. The molecule has 0 atom stereocenters. The van der Waals surface area contributed by atoms with Gasteiger partial charge in [-0.05, 0) is 12.1 Å². The molecule has 3 heteroatoms. The molecule has 1 aromatic heterocycles. The lowest BCUT2D eigenvalue weighted by atomic mass is 10.1. The Morgan fingerprint density at radius 3 is 2.71 bits per heavy atom. The van der Waals surface area contributed by atoms with Crippen molar-refractivity contribution in [1.29, 1.82) is 0 Å². The van der Waals surface area contributed by atoms with Gasteiger partial charge in [-0.2, -0.15) is 0 Å². The average Bonchev–Trinajstić information content (AvgIpc) is 2.18. The van der Waals surface area contributed by atoms with Gasteiger partial charge in [-0.15, -0.1) is 0 Å². The molecule has 2 nitrogen and oxygen atoms in total. The minimum atomic E-state index is -0.313. The third kappa shape index (κ3) is 1.71. The lowest BCUT2D eigenvalue weighted by molar-refractivity contribution is 0.628. The summed E-state index contributed by atoms with van der Waals surface area (Å²) in [4.78, 5) is 13.9. The van der Waals surface area contributed by atoms with Crippen LogP contribution in [0.5, 0.6) is 0 Å². The van der Waals surface area contributed by atoms with E-state index in [1.807, 2.05) is 0 Å². The van der Waals surface area contributed by atoms with Crippen LogP contribution in [0.4, 0.5) is 4.39 Å². The normalized spacial score (nSPS) is 10.1. The number of benzene rings is 1. The first-order chi connectivity index (χ1) is 6.75. The average molecular weight is 189 g/mol. The van der Waals surface area contributed by atoms with Gasteiger partial charge >= 0.3 is 0 Å². The van der Waals surface area contributed by atoms with Crippen molar-refractivity contribution in [3.05, 3.63) is 58.6 Å². The molecule has 1 heterocycles. The topological polar surface area (TPSA) is 32.9 Å². The van der Waals surface area contributed by atoms with Gasteiger partial charge in [0.25, 0.3) is 0 Å². The first-order valence-corrected chi connectivity index (χ1v) is 4.20. The van der Waals surface area contributed by atoms with E-state index in [0.717, 1.165) is 0 Å². The molecule has 0 radical (unpaired) electrons. The van der Waals surface area contributed by atoms with E-state index in [0.29, 0.717) is 11.3 Å². The van der Waals surface area contributed by atoms with E-state index >= 15 is 0 Å². The molecular weight excluding hydrogens is 181 g/mol. The second-order valence-electron chi connectivity index (χ2n) is 2.95. The van der Waals surface area contributed by atoms with Gasteiger partial charge < -0.3 is 4.98 Å². The highest BCUT2D eigenvalue weighted by Crippen LogP contribution is 2.15. The maximum absolute atomic E-state index is 12.9. The quantitative estimate of drug-likeness (QED) is 0.732. The summed E-state index contributed by atoms with van der Waals surface area (Å²) in [6.45, 7) is 0. The molecule has 0 spiro atoms. The van der Waals surface area contributed by atoms with Crippen LogP contribution in [-0.4, -0.2) is 4.98 Å². The molecule has 1 aromatic carbocycles. The van der Waals surface area contributed by atoms with Crippen molar-refractivity contribution >= 4 is 0 Å². The van der Waals surface area contributed by atoms with Gasteiger partial charge in [0.15, 0.2) is 5.43 Å². The number of rotatable bonds is 1. The monoisotopic (exact) mass is 189 g/mol. The summed E-state index contributed by atoms with van der Waals surface area (Å²) in [5.41, 5.74) is 1.20. The van der Waals surface area contributed by atoms with Crippen LogP contribution in [0.25, 0.3) is 11.3 Å². The van der Waals surface area contributed by atoms with Gasteiger partial charge in [-0.3, -0.25) is 4.79 Å². The molecule has 0 amide bonds. The van der Waals surface area contributed by atoms with Gasteiger partial charge in [0.1, 0.15) is 5.82 Å². The van der Waals surface area contributed by atoms with Crippen LogP contribution in [0.2, 0.25) is 0 Å². The molecule has 0 aliphatic heterocycles. The second-order valence-corrected chi connectivity index (χ2v) is 2.95. The molecule has 0 saturated carbocycles. The van der Waals surface area contributed by atoms with Crippen LogP contribution >= 0.6 is 0 Å². The van der Waals surface area contributed by atoms with Crippen molar-refractivity contribution < 1.29 is 4.39 Å². The van der Waals surface area contributed by atoms with Crippen molar-refractivity contribution in [2.75, 3.05) is 0 Å². The molecule has 0 aliphatic rings.